The van der Waals surface area contributed by atoms with Gasteiger partial charge >= 0.3 is 5.97 Å². The lowest BCUT2D eigenvalue weighted by atomic mass is 9.68. The molecule has 1 saturated carbocycles. The highest BCUT2D eigenvalue weighted by molar-refractivity contribution is 9.10. The summed E-state index contributed by atoms with van der Waals surface area (Å²) in [7, 11) is 1.45. The van der Waals surface area contributed by atoms with Gasteiger partial charge < -0.3 is 9.64 Å². The molecule has 0 amide bonds. The molecule has 1 unspecified atom stereocenters. The van der Waals surface area contributed by atoms with Gasteiger partial charge in [-0.15, -0.1) is 0 Å². The summed E-state index contributed by atoms with van der Waals surface area (Å²) in [6, 6.07) is 0. The van der Waals surface area contributed by atoms with Gasteiger partial charge in [-0.1, -0.05) is 35.2 Å². The van der Waals surface area contributed by atoms with E-state index in [-0.39, 0.29) is 10.8 Å². The number of carbonyl (C=O) groups is 1. The number of rotatable bonds is 3. The molecule has 0 aromatic carbocycles. The highest BCUT2D eigenvalue weighted by Gasteiger charge is 2.36. The number of esters is 1. The van der Waals surface area contributed by atoms with E-state index >= 15 is 0 Å². The fourth-order valence-corrected chi connectivity index (χ4v) is 4.04. The van der Waals surface area contributed by atoms with E-state index in [1.807, 2.05) is 0 Å². The molecule has 104 valence electrons. The number of nitrogens with zero attached hydrogens (tertiary/aromatic N) is 1. The first-order valence-electron chi connectivity index (χ1n) is 7.09. The highest BCUT2D eigenvalue weighted by Crippen LogP contribution is 2.44. The molecule has 2 aliphatic rings. The van der Waals surface area contributed by atoms with Gasteiger partial charge in [0.15, 0.2) is 0 Å². The zero-order valence-electron chi connectivity index (χ0n) is 11.3. The van der Waals surface area contributed by atoms with Gasteiger partial charge in [0, 0.05) is 6.54 Å². The molecule has 1 spiro atoms. The smallest absolute Gasteiger partial charge is 0.320 e. The standard InChI is InChI=1S/C14H24BrNO2/c1-18-13(17)12(15)11-16-9-7-14(8-10-16)5-3-2-4-6-14/h12H,2-11H2,1H3. The molecule has 1 saturated heterocycles. The fraction of sp³-hybridized carbons (Fsp3) is 0.929. The second-order valence-corrected chi connectivity index (χ2v) is 6.96. The number of methoxy groups -OCH3 is 1. The summed E-state index contributed by atoms with van der Waals surface area (Å²) in [4.78, 5) is 13.6. The first-order valence-corrected chi connectivity index (χ1v) is 8.01. The topological polar surface area (TPSA) is 29.5 Å². The molecule has 3 nitrogen and oxygen atoms in total. The van der Waals surface area contributed by atoms with Crippen LogP contribution in [0.15, 0.2) is 0 Å². The molecule has 0 N–H and O–H groups in total. The van der Waals surface area contributed by atoms with Crippen molar-refractivity contribution in [1.82, 2.24) is 4.90 Å². The number of likely N-dealkylation sites (tertiary alicyclic amines) is 1. The van der Waals surface area contributed by atoms with Crippen LogP contribution in [-0.4, -0.2) is 42.4 Å². The summed E-state index contributed by atoms with van der Waals surface area (Å²) in [5, 5.41) is 0. The summed E-state index contributed by atoms with van der Waals surface area (Å²) in [5.74, 6) is -0.159. The molecule has 4 heteroatoms. The first-order chi connectivity index (χ1) is 8.65. The molecule has 0 bridgehead atoms. The van der Waals surface area contributed by atoms with Gasteiger partial charge in [0.2, 0.25) is 0 Å². The average molecular weight is 318 g/mol. The summed E-state index contributed by atoms with van der Waals surface area (Å²) in [6.07, 6.45) is 9.75. The van der Waals surface area contributed by atoms with E-state index in [4.69, 9.17) is 4.74 Å². The lowest BCUT2D eigenvalue weighted by Gasteiger charge is -2.44. The second kappa shape index (κ2) is 6.38. The van der Waals surface area contributed by atoms with Crippen LogP contribution in [-0.2, 0) is 9.53 Å². The van der Waals surface area contributed by atoms with Crippen LogP contribution in [0.3, 0.4) is 0 Å². The molecule has 0 radical (unpaired) electrons. The molecule has 1 aliphatic carbocycles. The van der Waals surface area contributed by atoms with Gasteiger partial charge in [0.1, 0.15) is 4.83 Å². The van der Waals surface area contributed by atoms with E-state index in [0.717, 1.165) is 19.6 Å². The van der Waals surface area contributed by atoms with Crippen LogP contribution in [0, 0.1) is 5.41 Å². The fourth-order valence-electron chi connectivity index (χ4n) is 3.44. The Bertz CT molecular complexity index is 280. The third-order valence-corrected chi connectivity index (χ3v) is 5.37. The Morgan fingerprint density at radius 3 is 2.39 bits per heavy atom. The van der Waals surface area contributed by atoms with Crippen LogP contribution >= 0.6 is 15.9 Å². The minimum atomic E-state index is -0.178. The maximum Gasteiger partial charge on any atom is 0.320 e. The maximum absolute atomic E-state index is 11.4. The summed E-state index contributed by atoms with van der Waals surface area (Å²) in [5.41, 5.74) is 0.641. The number of carbonyl (C=O) groups excluding carboxylic acids is 1. The van der Waals surface area contributed by atoms with Crippen LogP contribution in [0.25, 0.3) is 0 Å². The Morgan fingerprint density at radius 2 is 1.83 bits per heavy atom. The number of alkyl halides is 1. The van der Waals surface area contributed by atoms with Gasteiger partial charge in [-0.05, 0) is 44.2 Å². The van der Waals surface area contributed by atoms with Crippen molar-refractivity contribution in [3.05, 3.63) is 0 Å². The first kappa shape index (κ1) is 14.3. The lowest BCUT2D eigenvalue weighted by molar-refractivity contribution is -0.140. The minimum Gasteiger partial charge on any atom is -0.468 e. The van der Waals surface area contributed by atoms with Crippen molar-refractivity contribution in [2.24, 2.45) is 5.41 Å². The predicted octanol–water partition coefficient (Wildman–Crippen LogP) is 2.97. The monoisotopic (exact) mass is 317 g/mol. The van der Waals surface area contributed by atoms with Crippen molar-refractivity contribution in [3.63, 3.8) is 0 Å². The Balaban J connectivity index is 1.77. The molecule has 18 heavy (non-hydrogen) atoms. The van der Waals surface area contributed by atoms with Crippen LogP contribution in [0.4, 0.5) is 0 Å². The molecule has 1 atom stereocenters. The SMILES string of the molecule is COC(=O)C(Br)CN1CCC2(CCCCC2)CC1. The Hall–Kier alpha value is -0.0900. The van der Waals surface area contributed by atoms with E-state index in [2.05, 4.69) is 20.8 Å². The molecule has 0 aromatic rings. The normalized spacial score (nSPS) is 25.9. The van der Waals surface area contributed by atoms with Crippen LogP contribution in [0.1, 0.15) is 44.9 Å². The number of ether oxygens (including phenoxy) is 1. The van der Waals surface area contributed by atoms with E-state index < -0.39 is 0 Å². The van der Waals surface area contributed by atoms with Crippen LogP contribution < -0.4 is 0 Å². The van der Waals surface area contributed by atoms with Crippen molar-refractivity contribution < 1.29 is 9.53 Å². The van der Waals surface area contributed by atoms with Gasteiger partial charge in [0.05, 0.1) is 7.11 Å². The Kier molecular flexibility index (Phi) is 5.07. The Labute approximate surface area is 118 Å². The van der Waals surface area contributed by atoms with Gasteiger partial charge in [-0.2, -0.15) is 0 Å². The summed E-state index contributed by atoms with van der Waals surface area (Å²) >= 11 is 3.41. The molecule has 2 rings (SSSR count). The average Bonchev–Trinajstić information content (AvgIpc) is 2.41. The number of piperidine rings is 1. The van der Waals surface area contributed by atoms with Crippen LogP contribution in [0.5, 0.6) is 0 Å². The highest BCUT2D eigenvalue weighted by atomic mass is 79.9. The van der Waals surface area contributed by atoms with Crippen molar-refractivity contribution >= 4 is 21.9 Å². The number of halogens is 1. The quantitative estimate of drug-likeness (QED) is 0.592. The molecule has 0 aromatic heterocycles. The second-order valence-electron chi connectivity index (χ2n) is 5.85. The predicted molar refractivity (Wildman–Crippen MR) is 75.9 cm³/mol. The van der Waals surface area contributed by atoms with Gasteiger partial charge in [-0.25, -0.2) is 0 Å². The van der Waals surface area contributed by atoms with E-state index in [0.29, 0.717) is 5.41 Å². The summed E-state index contributed by atoms with van der Waals surface area (Å²) < 4.78 is 4.75. The molecular weight excluding hydrogens is 294 g/mol. The minimum absolute atomic E-state index is 0.159. The zero-order valence-corrected chi connectivity index (χ0v) is 12.9. The Morgan fingerprint density at radius 1 is 1.22 bits per heavy atom. The largest absolute Gasteiger partial charge is 0.468 e. The van der Waals surface area contributed by atoms with Crippen LogP contribution in [0.2, 0.25) is 0 Å². The third kappa shape index (κ3) is 3.47. The lowest BCUT2D eigenvalue weighted by Crippen LogP contribution is -2.44. The van der Waals surface area contributed by atoms with Gasteiger partial charge in [-0.3, -0.25) is 4.79 Å². The molecule has 1 aliphatic heterocycles. The number of hydrogen-bond donors (Lipinski definition) is 0. The van der Waals surface area contributed by atoms with Crippen molar-refractivity contribution in [3.8, 4) is 0 Å². The van der Waals surface area contributed by atoms with Crippen molar-refractivity contribution in [1.29, 1.82) is 0 Å². The zero-order chi connectivity index (χ0) is 13.0. The van der Waals surface area contributed by atoms with Crippen molar-refractivity contribution in [2.75, 3.05) is 26.7 Å². The van der Waals surface area contributed by atoms with E-state index in [1.165, 1.54) is 52.1 Å². The molecule has 1 heterocycles. The molecule has 2 fully saturated rings. The third-order valence-electron chi connectivity index (χ3n) is 4.71. The number of hydrogen-bond acceptors (Lipinski definition) is 3. The van der Waals surface area contributed by atoms with E-state index in [9.17, 15) is 4.79 Å². The summed E-state index contributed by atoms with van der Waals surface area (Å²) in [6.45, 7) is 3.06. The molecular formula is C14H24BrNO2. The van der Waals surface area contributed by atoms with E-state index in [1.54, 1.807) is 0 Å². The maximum atomic E-state index is 11.4. The van der Waals surface area contributed by atoms with Gasteiger partial charge in [0.25, 0.3) is 0 Å². The van der Waals surface area contributed by atoms with Crippen molar-refractivity contribution in [2.45, 2.75) is 49.8 Å².